The lowest BCUT2D eigenvalue weighted by molar-refractivity contribution is -0.126. The van der Waals surface area contributed by atoms with Crippen LogP contribution in [0.4, 0.5) is 10.1 Å². The zero-order valence-corrected chi connectivity index (χ0v) is 22.4. The summed E-state index contributed by atoms with van der Waals surface area (Å²) in [6, 6.07) is 11.3. The second kappa shape index (κ2) is 12.6. The van der Waals surface area contributed by atoms with Gasteiger partial charge in [-0.15, -0.1) is 0 Å². The molecule has 0 aromatic heterocycles. The summed E-state index contributed by atoms with van der Waals surface area (Å²) in [7, 11) is 0. The number of likely N-dealkylation sites (tertiary alicyclic amines) is 1. The van der Waals surface area contributed by atoms with E-state index in [1.54, 1.807) is 18.2 Å². The van der Waals surface area contributed by atoms with E-state index in [-0.39, 0.29) is 23.7 Å². The maximum atomic E-state index is 13.4. The summed E-state index contributed by atoms with van der Waals surface area (Å²) >= 11 is 6.57. The van der Waals surface area contributed by atoms with Crippen LogP contribution >= 0.6 is 11.6 Å². The molecule has 1 amide bonds. The highest BCUT2D eigenvalue weighted by Gasteiger charge is 2.33. The van der Waals surface area contributed by atoms with Crippen LogP contribution < -0.4 is 15.0 Å². The minimum atomic E-state index is -0.913. The number of aliphatic hydroxyl groups is 1. The first-order valence-electron chi connectivity index (χ1n) is 13.7. The Labute approximate surface area is 228 Å². The number of anilines is 1. The number of hydrogen-bond acceptors (Lipinski definition) is 6. The van der Waals surface area contributed by atoms with E-state index in [2.05, 4.69) is 15.1 Å². The van der Waals surface area contributed by atoms with Gasteiger partial charge in [0.05, 0.1) is 30.2 Å². The van der Waals surface area contributed by atoms with E-state index in [1.165, 1.54) is 12.1 Å². The molecule has 38 heavy (non-hydrogen) atoms. The van der Waals surface area contributed by atoms with E-state index in [0.29, 0.717) is 49.1 Å². The highest BCUT2D eigenvalue weighted by atomic mass is 35.5. The second-order valence-corrected chi connectivity index (χ2v) is 11.0. The Kier molecular flexibility index (Phi) is 9.05. The van der Waals surface area contributed by atoms with E-state index >= 15 is 0 Å². The van der Waals surface area contributed by atoms with Crippen LogP contribution in [0.25, 0.3) is 0 Å². The van der Waals surface area contributed by atoms with Crippen LogP contribution in [-0.2, 0) is 9.53 Å². The van der Waals surface area contributed by atoms with Crippen molar-refractivity contribution in [3.63, 3.8) is 0 Å². The van der Waals surface area contributed by atoms with Gasteiger partial charge in [-0.3, -0.25) is 4.79 Å². The third-order valence-corrected chi connectivity index (χ3v) is 8.17. The van der Waals surface area contributed by atoms with Crippen LogP contribution in [0, 0.1) is 11.7 Å². The number of nitrogens with zero attached hydrogens (tertiary/aromatic N) is 2. The average Bonchev–Trinajstić information content (AvgIpc) is 3.63. The first kappa shape index (κ1) is 27.2. The standard InChI is InChI=1S/C29H37ClFN3O4/c30-25-17-20(3-8-27(25)38-24-10-15-37-16-11-24)28(35)26(19-33-12-1-2-13-33)32-29(36)21-9-14-34(18-21)23-6-4-22(31)5-7-23/h3-8,17,21,24,26,28,35H,1-2,9-16,18-19H2,(H,32,36)/t21-,26+,28+/m0/s1. The van der Waals surface area contributed by atoms with Crippen LogP contribution in [-0.4, -0.2) is 74.0 Å². The minimum absolute atomic E-state index is 0.0663. The smallest absolute Gasteiger partial charge is 0.225 e. The third-order valence-electron chi connectivity index (χ3n) is 7.87. The molecule has 0 aliphatic carbocycles. The Balaban J connectivity index is 1.25. The van der Waals surface area contributed by atoms with Gasteiger partial charge in [-0.2, -0.15) is 0 Å². The van der Waals surface area contributed by atoms with Crippen molar-refractivity contribution in [3.8, 4) is 5.75 Å². The summed E-state index contributed by atoms with van der Waals surface area (Å²) in [5, 5.41) is 15.0. The number of aliphatic hydroxyl groups excluding tert-OH is 1. The molecule has 3 aliphatic rings. The van der Waals surface area contributed by atoms with Gasteiger partial charge in [0.1, 0.15) is 23.8 Å². The predicted molar refractivity (Wildman–Crippen MR) is 145 cm³/mol. The van der Waals surface area contributed by atoms with Crippen LogP contribution in [0.15, 0.2) is 42.5 Å². The van der Waals surface area contributed by atoms with Crippen LogP contribution in [0.3, 0.4) is 0 Å². The highest BCUT2D eigenvalue weighted by molar-refractivity contribution is 6.32. The van der Waals surface area contributed by atoms with Gasteiger partial charge in [0.2, 0.25) is 5.91 Å². The summed E-state index contributed by atoms with van der Waals surface area (Å²) in [6.45, 7) is 5.14. The van der Waals surface area contributed by atoms with Crippen molar-refractivity contribution < 1.29 is 23.8 Å². The zero-order chi connectivity index (χ0) is 26.5. The van der Waals surface area contributed by atoms with E-state index in [4.69, 9.17) is 21.1 Å². The molecule has 0 unspecified atom stereocenters. The predicted octanol–water partition coefficient (Wildman–Crippen LogP) is 4.18. The fourth-order valence-corrected chi connectivity index (χ4v) is 5.86. The van der Waals surface area contributed by atoms with Gasteiger partial charge in [-0.25, -0.2) is 4.39 Å². The zero-order valence-electron chi connectivity index (χ0n) is 21.7. The molecule has 0 bridgehead atoms. The Morgan fingerprint density at radius 2 is 1.84 bits per heavy atom. The number of carbonyl (C=O) groups excluding carboxylic acids is 1. The topological polar surface area (TPSA) is 74.3 Å². The van der Waals surface area contributed by atoms with Crippen molar-refractivity contribution in [3.05, 3.63) is 58.9 Å². The fraction of sp³-hybridized carbons (Fsp3) is 0.552. The average molecular weight is 546 g/mol. The molecule has 0 saturated carbocycles. The number of rotatable bonds is 9. The normalized spacial score (nSPS) is 22.4. The maximum Gasteiger partial charge on any atom is 0.225 e. The van der Waals surface area contributed by atoms with Crippen molar-refractivity contribution >= 4 is 23.2 Å². The van der Waals surface area contributed by atoms with E-state index in [9.17, 15) is 14.3 Å². The quantitative estimate of drug-likeness (QED) is 0.492. The maximum absolute atomic E-state index is 13.4. The number of halogens is 2. The van der Waals surface area contributed by atoms with Gasteiger partial charge in [0.15, 0.2) is 0 Å². The van der Waals surface area contributed by atoms with E-state index < -0.39 is 12.1 Å². The third kappa shape index (κ3) is 6.78. The van der Waals surface area contributed by atoms with Crippen molar-refractivity contribution in [2.75, 3.05) is 50.8 Å². The molecule has 2 N–H and O–H groups in total. The van der Waals surface area contributed by atoms with Crippen molar-refractivity contribution in [2.45, 2.75) is 50.4 Å². The SMILES string of the molecule is O=C(N[C@H](CN1CCCC1)[C@H](O)c1ccc(OC2CCOCC2)c(Cl)c1)[C@H]1CCN(c2ccc(F)cc2)C1. The van der Waals surface area contributed by atoms with Gasteiger partial charge in [-0.05, 0) is 74.3 Å². The lowest BCUT2D eigenvalue weighted by Crippen LogP contribution is -2.48. The first-order chi connectivity index (χ1) is 18.5. The van der Waals surface area contributed by atoms with Crippen molar-refractivity contribution in [2.24, 2.45) is 5.92 Å². The van der Waals surface area contributed by atoms with Gasteiger partial charge in [-0.1, -0.05) is 17.7 Å². The molecular formula is C29H37ClFN3O4. The summed E-state index contributed by atoms with van der Waals surface area (Å²) < 4.78 is 24.8. The van der Waals surface area contributed by atoms with E-state index in [0.717, 1.165) is 51.0 Å². The minimum Gasteiger partial charge on any atom is -0.489 e. The number of hydrogen-bond donors (Lipinski definition) is 2. The molecule has 2 aromatic rings. The second-order valence-electron chi connectivity index (χ2n) is 10.6. The molecule has 5 rings (SSSR count). The van der Waals surface area contributed by atoms with Gasteiger partial charge in [0, 0.05) is 38.2 Å². The van der Waals surface area contributed by atoms with Crippen LogP contribution in [0.2, 0.25) is 5.02 Å². The largest absolute Gasteiger partial charge is 0.489 e. The first-order valence-corrected chi connectivity index (χ1v) is 14.1. The molecule has 3 fully saturated rings. The fourth-order valence-electron chi connectivity index (χ4n) is 5.63. The van der Waals surface area contributed by atoms with Crippen LogP contribution in [0.1, 0.15) is 43.8 Å². The Bertz CT molecular complexity index is 1080. The molecule has 7 nitrogen and oxygen atoms in total. The molecule has 3 saturated heterocycles. The molecular weight excluding hydrogens is 509 g/mol. The Morgan fingerprint density at radius 1 is 1.11 bits per heavy atom. The Hall–Kier alpha value is -2.39. The molecule has 3 atom stereocenters. The number of nitrogens with one attached hydrogen (secondary N) is 1. The summed E-state index contributed by atoms with van der Waals surface area (Å²) in [4.78, 5) is 17.7. The molecule has 9 heteroatoms. The monoisotopic (exact) mass is 545 g/mol. The summed E-state index contributed by atoms with van der Waals surface area (Å²) in [6.07, 6.45) is 3.75. The number of amides is 1. The number of benzene rings is 2. The van der Waals surface area contributed by atoms with Gasteiger partial charge < -0.3 is 29.7 Å². The van der Waals surface area contributed by atoms with Gasteiger partial charge in [0.25, 0.3) is 0 Å². The lowest BCUT2D eigenvalue weighted by Gasteiger charge is -2.30. The van der Waals surface area contributed by atoms with Gasteiger partial charge >= 0.3 is 0 Å². The van der Waals surface area contributed by atoms with Crippen molar-refractivity contribution in [1.29, 1.82) is 0 Å². The van der Waals surface area contributed by atoms with Crippen LogP contribution in [0.5, 0.6) is 5.75 Å². The Morgan fingerprint density at radius 3 is 2.55 bits per heavy atom. The summed E-state index contributed by atoms with van der Waals surface area (Å²) in [5.74, 6) is 0.0568. The molecule has 3 heterocycles. The molecule has 3 aliphatic heterocycles. The highest BCUT2D eigenvalue weighted by Crippen LogP contribution is 2.32. The number of carbonyl (C=O) groups is 1. The summed E-state index contributed by atoms with van der Waals surface area (Å²) in [5.41, 5.74) is 1.56. The molecule has 2 aromatic carbocycles. The lowest BCUT2D eigenvalue weighted by atomic mass is 9.99. The molecule has 206 valence electrons. The van der Waals surface area contributed by atoms with E-state index in [1.807, 2.05) is 12.1 Å². The van der Waals surface area contributed by atoms with Crippen molar-refractivity contribution in [1.82, 2.24) is 10.2 Å². The molecule has 0 radical (unpaired) electrons. The molecule has 0 spiro atoms. The number of ether oxygens (including phenoxy) is 2.